The molecule has 1 aromatic carbocycles. The second-order valence-electron chi connectivity index (χ2n) is 5.15. The van der Waals surface area contributed by atoms with E-state index in [1.165, 1.54) is 11.8 Å². The summed E-state index contributed by atoms with van der Waals surface area (Å²) in [6.45, 7) is 9.58. The number of fused-ring (bicyclic) bond motifs is 1. The topological polar surface area (TPSA) is 105 Å². The van der Waals surface area contributed by atoms with Crippen molar-refractivity contribution in [2.45, 2.75) is 46.7 Å². The number of methoxy groups -OCH3 is 1. The molecule has 0 bridgehead atoms. The third-order valence-electron chi connectivity index (χ3n) is 3.55. The number of ether oxygens (including phenoxy) is 1. The van der Waals surface area contributed by atoms with Gasteiger partial charge >= 0.3 is 6.03 Å². The van der Waals surface area contributed by atoms with Crippen LogP contribution in [-0.2, 0) is 11.3 Å². The van der Waals surface area contributed by atoms with Gasteiger partial charge in [-0.15, -0.1) is 0 Å². The SMILES string of the molecule is CC.CC.COc1ccc2[nH]n(CC3(C)NC(=O)NC3=O)c(=O)c2c1. The Labute approximate surface area is 146 Å². The van der Waals surface area contributed by atoms with E-state index in [4.69, 9.17) is 4.74 Å². The standard InChI is InChI=1S/C13H14N4O4.2C2H6/c1-13(11(19)14-12(20)15-13)6-17-10(18)8-5-7(21-2)3-4-9(8)16-17;2*1-2/h3-5,16H,6H2,1-2H3,(H2,14,15,19,20);2*1-2H3. The molecule has 25 heavy (non-hydrogen) atoms. The van der Waals surface area contributed by atoms with Crippen molar-refractivity contribution in [3.8, 4) is 5.75 Å². The number of nitrogens with zero attached hydrogens (tertiary/aromatic N) is 1. The van der Waals surface area contributed by atoms with E-state index in [0.717, 1.165) is 0 Å². The van der Waals surface area contributed by atoms with E-state index < -0.39 is 17.5 Å². The second kappa shape index (κ2) is 8.36. The fraction of sp³-hybridized carbons (Fsp3) is 0.471. The number of benzene rings is 1. The number of amides is 3. The highest BCUT2D eigenvalue weighted by molar-refractivity contribution is 6.06. The third-order valence-corrected chi connectivity index (χ3v) is 3.55. The molecule has 1 fully saturated rings. The molecule has 0 spiro atoms. The van der Waals surface area contributed by atoms with E-state index in [1.807, 2.05) is 27.7 Å². The molecule has 2 heterocycles. The highest BCUT2D eigenvalue weighted by atomic mass is 16.5. The molecule has 8 heteroatoms. The van der Waals surface area contributed by atoms with Gasteiger partial charge in [-0.25, -0.2) is 9.48 Å². The molecule has 2 aromatic rings. The Balaban J connectivity index is 0.000000730. The molecular formula is C17H26N4O4. The van der Waals surface area contributed by atoms with Gasteiger partial charge in [-0.3, -0.25) is 20.0 Å². The normalized spacial score (nSPS) is 18.5. The van der Waals surface area contributed by atoms with E-state index in [1.54, 1.807) is 25.1 Å². The van der Waals surface area contributed by atoms with Gasteiger partial charge in [0.2, 0.25) is 0 Å². The van der Waals surface area contributed by atoms with Crippen LogP contribution >= 0.6 is 0 Å². The quantitative estimate of drug-likeness (QED) is 0.736. The van der Waals surface area contributed by atoms with E-state index in [2.05, 4.69) is 15.7 Å². The van der Waals surface area contributed by atoms with Crippen molar-refractivity contribution in [1.82, 2.24) is 20.4 Å². The number of nitrogens with one attached hydrogen (secondary N) is 3. The van der Waals surface area contributed by atoms with Crippen molar-refractivity contribution in [2.24, 2.45) is 0 Å². The number of hydrogen-bond donors (Lipinski definition) is 3. The van der Waals surface area contributed by atoms with Crippen molar-refractivity contribution >= 4 is 22.8 Å². The molecule has 0 radical (unpaired) electrons. The summed E-state index contributed by atoms with van der Waals surface area (Å²) in [5, 5.41) is 8.06. The summed E-state index contributed by atoms with van der Waals surface area (Å²) < 4.78 is 6.39. The molecule has 1 atom stereocenters. The zero-order valence-electron chi connectivity index (χ0n) is 15.5. The first kappa shape index (κ1) is 20.3. The monoisotopic (exact) mass is 350 g/mol. The van der Waals surface area contributed by atoms with Crippen LogP contribution in [0.4, 0.5) is 4.79 Å². The molecule has 3 rings (SSSR count). The Kier molecular flexibility index (Phi) is 6.78. The number of H-pyrrole nitrogens is 1. The summed E-state index contributed by atoms with van der Waals surface area (Å²) in [6.07, 6.45) is 0. The van der Waals surface area contributed by atoms with Crippen LogP contribution in [0.1, 0.15) is 34.6 Å². The molecular weight excluding hydrogens is 324 g/mol. The Hall–Kier alpha value is -2.77. The molecule has 3 amide bonds. The van der Waals surface area contributed by atoms with Crippen LogP contribution in [0, 0.1) is 0 Å². The maximum absolute atomic E-state index is 12.3. The van der Waals surface area contributed by atoms with Crippen LogP contribution in [0.3, 0.4) is 0 Å². The van der Waals surface area contributed by atoms with Gasteiger partial charge in [-0.1, -0.05) is 27.7 Å². The number of aromatic amines is 1. The van der Waals surface area contributed by atoms with Gasteiger partial charge in [0.05, 0.1) is 24.6 Å². The predicted octanol–water partition coefficient (Wildman–Crippen LogP) is 1.99. The second-order valence-corrected chi connectivity index (χ2v) is 5.15. The van der Waals surface area contributed by atoms with E-state index in [-0.39, 0.29) is 12.1 Å². The molecule has 1 aliphatic heterocycles. The summed E-state index contributed by atoms with van der Waals surface area (Å²) in [7, 11) is 1.52. The lowest BCUT2D eigenvalue weighted by atomic mass is 10.0. The van der Waals surface area contributed by atoms with Crippen molar-refractivity contribution in [2.75, 3.05) is 7.11 Å². The minimum atomic E-state index is -1.16. The van der Waals surface area contributed by atoms with Gasteiger partial charge in [-0.2, -0.15) is 0 Å². The first-order chi connectivity index (χ1) is 11.9. The van der Waals surface area contributed by atoms with Gasteiger partial charge in [0.15, 0.2) is 0 Å². The first-order valence-electron chi connectivity index (χ1n) is 8.33. The van der Waals surface area contributed by atoms with Crippen LogP contribution in [0.5, 0.6) is 5.75 Å². The van der Waals surface area contributed by atoms with Crippen LogP contribution in [0.25, 0.3) is 10.9 Å². The fourth-order valence-electron chi connectivity index (χ4n) is 2.38. The average molecular weight is 350 g/mol. The van der Waals surface area contributed by atoms with Gasteiger partial charge in [0, 0.05) is 0 Å². The fourth-order valence-corrected chi connectivity index (χ4v) is 2.38. The molecule has 1 unspecified atom stereocenters. The van der Waals surface area contributed by atoms with E-state index in [9.17, 15) is 14.4 Å². The smallest absolute Gasteiger partial charge is 0.322 e. The van der Waals surface area contributed by atoms with Gasteiger partial charge in [0.25, 0.3) is 11.5 Å². The molecule has 0 aliphatic carbocycles. The Morgan fingerprint density at radius 3 is 2.28 bits per heavy atom. The molecule has 3 N–H and O–H groups in total. The molecule has 138 valence electrons. The van der Waals surface area contributed by atoms with Crippen molar-refractivity contribution < 1.29 is 14.3 Å². The Bertz CT molecular complexity index is 809. The molecule has 0 saturated carbocycles. The zero-order chi connectivity index (χ0) is 19.2. The number of hydrogen-bond acceptors (Lipinski definition) is 4. The van der Waals surface area contributed by atoms with E-state index in [0.29, 0.717) is 16.7 Å². The number of imide groups is 1. The third kappa shape index (κ3) is 4.01. The molecule has 1 aliphatic rings. The summed E-state index contributed by atoms with van der Waals surface area (Å²) in [5.74, 6) is 0.111. The van der Waals surface area contributed by atoms with Crippen LogP contribution in [0.15, 0.2) is 23.0 Å². The van der Waals surface area contributed by atoms with Crippen LogP contribution in [-0.4, -0.2) is 34.4 Å². The Morgan fingerprint density at radius 2 is 1.76 bits per heavy atom. The molecule has 1 saturated heterocycles. The van der Waals surface area contributed by atoms with Crippen LogP contribution in [0.2, 0.25) is 0 Å². The number of urea groups is 1. The zero-order valence-corrected chi connectivity index (χ0v) is 15.5. The lowest BCUT2D eigenvalue weighted by Crippen LogP contribution is -2.49. The minimum absolute atomic E-state index is 0.0143. The maximum Gasteiger partial charge on any atom is 0.322 e. The lowest BCUT2D eigenvalue weighted by Gasteiger charge is -2.20. The van der Waals surface area contributed by atoms with Crippen molar-refractivity contribution in [3.05, 3.63) is 28.6 Å². The summed E-state index contributed by atoms with van der Waals surface area (Å²) >= 11 is 0. The number of carbonyl (C=O) groups is 2. The average Bonchev–Trinajstić information content (AvgIpc) is 3.06. The van der Waals surface area contributed by atoms with Crippen molar-refractivity contribution in [3.63, 3.8) is 0 Å². The first-order valence-corrected chi connectivity index (χ1v) is 8.33. The number of aromatic nitrogens is 2. The highest BCUT2D eigenvalue weighted by Gasteiger charge is 2.42. The molecule has 8 nitrogen and oxygen atoms in total. The van der Waals surface area contributed by atoms with Gasteiger partial charge in [-0.05, 0) is 25.1 Å². The lowest BCUT2D eigenvalue weighted by molar-refractivity contribution is -0.123. The van der Waals surface area contributed by atoms with Crippen LogP contribution < -0.4 is 20.9 Å². The molecule has 1 aromatic heterocycles. The highest BCUT2D eigenvalue weighted by Crippen LogP contribution is 2.18. The predicted molar refractivity (Wildman–Crippen MR) is 96.9 cm³/mol. The largest absolute Gasteiger partial charge is 0.497 e. The minimum Gasteiger partial charge on any atom is -0.497 e. The number of carbonyl (C=O) groups excluding carboxylic acids is 2. The van der Waals surface area contributed by atoms with Gasteiger partial charge in [0.1, 0.15) is 11.3 Å². The van der Waals surface area contributed by atoms with Crippen molar-refractivity contribution in [1.29, 1.82) is 0 Å². The Morgan fingerprint density at radius 1 is 1.12 bits per heavy atom. The summed E-state index contributed by atoms with van der Waals surface area (Å²) in [4.78, 5) is 35.4. The summed E-state index contributed by atoms with van der Waals surface area (Å²) in [6, 6.07) is 4.52. The maximum atomic E-state index is 12.3. The number of rotatable bonds is 3. The van der Waals surface area contributed by atoms with Gasteiger partial charge < -0.3 is 10.1 Å². The van der Waals surface area contributed by atoms with E-state index >= 15 is 0 Å². The summed E-state index contributed by atoms with van der Waals surface area (Å²) in [5.41, 5.74) is -0.806.